The lowest BCUT2D eigenvalue weighted by Crippen LogP contribution is -1.88. The van der Waals surface area contributed by atoms with Gasteiger partial charge in [0.15, 0.2) is 0 Å². The van der Waals surface area contributed by atoms with Crippen LogP contribution >= 0.6 is 0 Å². The van der Waals surface area contributed by atoms with Crippen molar-refractivity contribution in [3.05, 3.63) is 97.1 Å². The van der Waals surface area contributed by atoms with E-state index in [1.807, 2.05) is 0 Å². The van der Waals surface area contributed by atoms with Crippen molar-refractivity contribution < 1.29 is 0 Å². The fourth-order valence-corrected chi connectivity index (χ4v) is 5.16. The molecule has 0 heterocycles. The van der Waals surface area contributed by atoms with Crippen LogP contribution in [-0.2, 0) is 0 Å². The lowest BCUT2D eigenvalue weighted by molar-refractivity contribution is 1.79. The molecule has 0 N–H and O–H groups in total. The van der Waals surface area contributed by atoms with Crippen molar-refractivity contribution in [3.63, 3.8) is 0 Å². The summed E-state index contributed by atoms with van der Waals surface area (Å²) in [5, 5.41) is 16.1. The van der Waals surface area contributed by atoms with Crippen molar-refractivity contribution in [2.24, 2.45) is 0 Å². The molecule has 28 heavy (non-hydrogen) atoms. The summed E-state index contributed by atoms with van der Waals surface area (Å²) >= 11 is 0. The van der Waals surface area contributed by atoms with Crippen molar-refractivity contribution in [2.45, 2.75) is 0 Å². The molecule has 0 spiro atoms. The van der Waals surface area contributed by atoms with E-state index < -0.39 is 0 Å². The van der Waals surface area contributed by atoms with Crippen LogP contribution < -0.4 is 0 Å². The molecule has 128 valence electrons. The van der Waals surface area contributed by atoms with Gasteiger partial charge >= 0.3 is 0 Å². The maximum atomic E-state index is 2.40. The minimum absolute atomic E-state index is 1.31. The molecule has 0 radical (unpaired) electrons. The molecule has 7 aromatic carbocycles. The molecule has 7 rings (SSSR count). The van der Waals surface area contributed by atoms with Gasteiger partial charge in [0, 0.05) is 0 Å². The van der Waals surface area contributed by atoms with E-state index in [0.717, 1.165) is 0 Å². The normalized spacial score (nSPS) is 12.3. The van der Waals surface area contributed by atoms with Gasteiger partial charge in [-0.15, -0.1) is 0 Å². The Bertz CT molecular complexity index is 1700. The van der Waals surface area contributed by atoms with Gasteiger partial charge < -0.3 is 0 Å². The molecule has 0 aliphatic heterocycles. The standard InChI is InChI=1S/C28H16/c1-2-12-22-18(6-1)14-19-9-4-11-21-15-24-23-13-5-8-17-7-3-10-20(26(17)23)16-25(24)28(22)27(19)21/h1-16H. The highest BCUT2D eigenvalue weighted by Gasteiger charge is 2.14. The van der Waals surface area contributed by atoms with Gasteiger partial charge in [-0.25, -0.2) is 0 Å². The zero-order valence-electron chi connectivity index (χ0n) is 15.2. The fraction of sp³-hybridized carbons (Fsp3) is 0. The van der Waals surface area contributed by atoms with Crippen LogP contribution in [0.15, 0.2) is 97.1 Å². The van der Waals surface area contributed by atoms with E-state index in [9.17, 15) is 0 Å². The highest BCUT2D eigenvalue weighted by Crippen LogP contribution is 2.42. The van der Waals surface area contributed by atoms with E-state index in [4.69, 9.17) is 0 Å². The summed E-state index contributed by atoms with van der Waals surface area (Å²) in [5.41, 5.74) is 0. The molecule has 0 saturated carbocycles. The second kappa shape index (κ2) is 4.99. The largest absolute Gasteiger partial charge is 0.0616 e. The first-order valence-electron chi connectivity index (χ1n) is 9.79. The van der Waals surface area contributed by atoms with Gasteiger partial charge in [0.2, 0.25) is 0 Å². The van der Waals surface area contributed by atoms with E-state index >= 15 is 0 Å². The Kier molecular flexibility index (Phi) is 2.57. The minimum atomic E-state index is 1.31. The van der Waals surface area contributed by atoms with Crippen LogP contribution in [0.3, 0.4) is 0 Å². The quantitative estimate of drug-likeness (QED) is 0.191. The SMILES string of the molecule is c1ccc2c(c1)cc1cccc3cc4c5cccc6cccc(cc4c2c13)c65. The number of fused-ring (bicyclic) bond motifs is 5. The van der Waals surface area contributed by atoms with Crippen LogP contribution in [0.25, 0.3) is 64.6 Å². The smallest absolute Gasteiger partial charge is 0.00143 e. The monoisotopic (exact) mass is 352 g/mol. The van der Waals surface area contributed by atoms with Gasteiger partial charge in [-0.3, -0.25) is 0 Å². The molecule has 0 heteroatoms. The van der Waals surface area contributed by atoms with Gasteiger partial charge in [-0.05, 0) is 82.8 Å². The second-order valence-electron chi connectivity index (χ2n) is 7.79. The molecule has 0 atom stereocenters. The Balaban J connectivity index is 1.92. The van der Waals surface area contributed by atoms with Crippen molar-refractivity contribution in [1.29, 1.82) is 0 Å². The first kappa shape index (κ1) is 14.4. The van der Waals surface area contributed by atoms with Gasteiger partial charge in [-0.2, -0.15) is 0 Å². The Hall–Kier alpha value is -3.64. The summed E-state index contributed by atoms with van der Waals surface area (Å²) in [6.45, 7) is 0. The summed E-state index contributed by atoms with van der Waals surface area (Å²) in [6, 6.07) is 35.9. The number of hydrogen-bond acceptors (Lipinski definition) is 0. The zero-order valence-corrected chi connectivity index (χ0v) is 15.2. The van der Waals surface area contributed by atoms with Gasteiger partial charge in [-0.1, -0.05) is 78.9 Å². The minimum Gasteiger partial charge on any atom is -0.0616 e. The van der Waals surface area contributed by atoms with Crippen molar-refractivity contribution in [3.8, 4) is 0 Å². The zero-order chi connectivity index (χ0) is 18.2. The average molecular weight is 352 g/mol. The Morgan fingerprint density at radius 2 is 0.857 bits per heavy atom. The Labute approximate surface area is 162 Å². The van der Waals surface area contributed by atoms with Gasteiger partial charge in [0.1, 0.15) is 0 Å². The first-order chi connectivity index (χ1) is 13.9. The molecular weight excluding hydrogens is 336 g/mol. The predicted molar refractivity (Wildman–Crippen MR) is 123 cm³/mol. The maximum Gasteiger partial charge on any atom is -0.00143 e. The van der Waals surface area contributed by atoms with Gasteiger partial charge in [0.25, 0.3) is 0 Å². The van der Waals surface area contributed by atoms with E-state index in [0.29, 0.717) is 0 Å². The molecule has 0 aliphatic carbocycles. The number of rotatable bonds is 0. The molecular formula is C28H16. The average Bonchev–Trinajstić information content (AvgIpc) is 2.74. The van der Waals surface area contributed by atoms with Gasteiger partial charge in [0.05, 0.1) is 0 Å². The van der Waals surface area contributed by atoms with Crippen LogP contribution in [-0.4, -0.2) is 0 Å². The van der Waals surface area contributed by atoms with Crippen LogP contribution in [0.5, 0.6) is 0 Å². The van der Waals surface area contributed by atoms with Crippen LogP contribution in [0.1, 0.15) is 0 Å². The Morgan fingerprint density at radius 1 is 0.286 bits per heavy atom. The third-order valence-electron chi connectivity index (χ3n) is 6.31. The summed E-state index contributed by atoms with van der Waals surface area (Å²) in [6.07, 6.45) is 0. The van der Waals surface area contributed by atoms with E-state index in [-0.39, 0.29) is 0 Å². The van der Waals surface area contributed by atoms with E-state index in [1.165, 1.54) is 64.6 Å². The molecule has 0 saturated heterocycles. The molecule has 0 unspecified atom stereocenters. The van der Waals surface area contributed by atoms with Crippen LogP contribution in [0.2, 0.25) is 0 Å². The summed E-state index contributed by atoms with van der Waals surface area (Å²) in [7, 11) is 0. The second-order valence-corrected chi connectivity index (χ2v) is 7.79. The highest BCUT2D eigenvalue weighted by atomic mass is 14.2. The fourth-order valence-electron chi connectivity index (χ4n) is 5.16. The molecule has 0 nitrogen and oxygen atoms in total. The summed E-state index contributed by atoms with van der Waals surface area (Å²) in [5.74, 6) is 0. The van der Waals surface area contributed by atoms with Crippen molar-refractivity contribution in [2.75, 3.05) is 0 Å². The van der Waals surface area contributed by atoms with E-state index in [2.05, 4.69) is 97.1 Å². The molecule has 0 aromatic heterocycles. The highest BCUT2D eigenvalue weighted by molar-refractivity contribution is 6.35. The third kappa shape index (κ3) is 1.70. The lowest BCUT2D eigenvalue weighted by atomic mass is 9.87. The van der Waals surface area contributed by atoms with Crippen molar-refractivity contribution in [1.82, 2.24) is 0 Å². The first-order valence-corrected chi connectivity index (χ1v) is 9.79. The third-order valence-corrected chi connectivity index (χ3v) is 6.31. The number of hydrogen-bond donors (Lipinski definition) is 0. The predicted octanol–water partition coefficient (Wildman–Crippen LogP) is 8.04. The molecule has 0 fully saturated rings. The lowest BCUT2D eigenvalue weighted by Gasteiger charge is -2.16. The molecule has 0 aliphatic rings. The Morgan fingerprint density at radius 3 is 1.71 bits per heavy atom. The summed E-state index contributed by atoms with van der Waals surface area (Å²) in [4.78, 5) is 0. The topological polar surface area (TPSA) is 0 Å². The molecule has 0 amide bonds. The summed E-state index contributed by atoms with van der Waals surface area (Å²) < 4.78 is 0. The molecule has 7 aromatic rings. The van der Waals surface area contributed by atoms with Crippen LogP contribution in [0.4, 0.5) is 0 Å². The maximum absolute atomic E-state index is 2.40. The molecule has 0 bridgehead atoms. The van der Waals surface area contributed by atoms with Crippen LogP contribution in [0, 0.1) is 0 Å². The number of benzene rings is 7. The van der Waals surface area contributed by atoms with Crippen molar-refractivity contribution >= 4 is 64.6 Å². The van der Waals surface area contributed by atoms with E-state index in [1.54, 1.807) is 0 Å².